The predicted molar refractivity (Wildman–Crippen MR) is 129 cm³/mol. The zero-order valence-electron chi connectivity index (χ0n) is 19.8. The molecule has 2 aliphatic rings. The standard InChI is InChI=1S/C24H33N5O3S/c1-17-8-7-13-28(15-17)20-10-5-11-21(26-20)33(31,32)27-23(30)19-9-6-12-25-22(19)29-16-18(2)14-24(29,3)4/h5-6,9-12,17-18H,7-8,13-16H2,1-4H3,(H,27,30). The predicted octanol–water partition coefficient (Wildman–Crippen LogP) is 3.46. The van der Waals surface area contributed by atoms with Gasteiger partial charge in [-0.3, -0.25) is 4.79 Å². The molecular formula is C24H33N5O3S. The highest BCUT2D eigenvalue weighted by Crippen LogP contribution is 2.37. The van der Waals surface area contributed by atoms with Crippen LogP contribution in [0.1, 0.15) is 57.3 Å². The van der Waals surface area contributed by atoms with Gasteiger partial charge in [0.25, 0.3) is 15.9 Å². The lowest BCUT2D eigenvalue weighted by molar-refractivity contribution is 0.0981. The number of pyridine rings is 2. The van der Waals surface area contributed by atoms with Crippen LogP contribution < -0.4 is 14.5 Å². The quantitative estimate of drug-likeness (QED) is 0.713. The molecule has 4 heterocycles. The van der Waals surface area contributed by atoms with E-state index in [0.29, 0.717) is 23.5 Å². The summed E-state index contributed by atoms with van der Waals surface area (Å²) in [5.74, 6) is 1.40. The fourth-order valence-corrected chi connectivity index (χ4v) is 6.04. The van der Waals surface area contributed by atoms with E-state index >= 15 is 0 Å². The molecule has 2 unspecified atom stereocenters. The number of hydrogen-bond donors (Lipinski definition) is 1. The second kappa shape index (κ2) is 8.93. The summed E-state index contributed by atoms with van der Waals surface area (Å²) >= 11 is 0. The molecule has 2 aliphatic heterocycles. The van der Waals surface area contributed by atoms with E-state index in [-0.39, 0.29) is 16.1 Å². The number of hydrogen-bond acceptors (Lipinski definition) is 7. The second-order valence-corrected chi connectivity index (χ2v) is 11.7. The third-order valence-corrected chi connectivity index (χ3v) is 7.78. The van der Waals surface area contributed by atoms with Gasteiger partial charge in [0.1, 0.15) is 11.6 Å². The Labute approximate surface area is 196 Å². The first kappa shape index (κ1) is 23.5. The van der Waals surface area contributed by atoms with Gasteiger partial charge in [-0.1, -0.05) is 19.9 Å². The molecule has 1 N–H and O–H groups in total. The summed E-state index contributed by atoms with van der Waals surface area (Å²) in [6.45, 7) is 11.0. The van der Waals surface area contributed by atoms with Crippen molar-refractivity contribution in [1.29, 1.82) is 0 Å². The molecule has 0 bridgehead atoms. The van der Waals surface area contributed by atoms with Gasteiger partial charge in [0.15, 0.2) is 5.03 Å². The smallest absolute Gasteiger partial charge is 0.281 e. The van der Waals surface area contributed by atoms with Gasteiger partial charge in [0, 0.05) is 31.4 Å². The number of carbonyl (C=O) groups is 1. The van der Waals surface area contributed by atoms with Gasteiger partial charge in [-0.2, -0.15) is 8.42 Å². The maximum atomic E-state index is 13.1. The van der Waals surface area contributed by atoms with Crippen LogP contribution >= 0.6 is 0 Å². The molecule has 0 aliphatic carbocycles. The highest BCUT2D eigenvalue weighted by Gasteiger charge is 2.39. The Bertz CT molecular complexity index is 1130. The minimum Gasteiger partial charge on any atom is -0.356 e. The summed E-state index contributed by atoms with van der Waals surface area (Å²) in [7, 11) is -4.15. The van der Waals surface area contributed by atoms with Crippen LogP contribution in [0.25, 0.3) is 0 Å². The lowest BCUT2D eigenvalue weighted by Crippen LogP contribution is -2.41. The van der Waals surface area contributed by atoms with Gasteiger partial charge in [0.2, 0.25) is 0 Å². The van der Waals surface area contributed by atoms with Crippen LogP contribution in [-0.2, 0) is 10.0 Å². The molecule has 1 amide bonds. The Morgan fingerprint density at radius 3 is 2.61 bits per heavy atom. The van der Waals surface area contributed by atoms with E-state index < -0.39 is 15.9 Å². The number of piperidine rings is 1. The van der Waals surface area contributed by atoms with E-state index in [2.05, 4.69) is 52.2 Å². The van der Waals surface area contributed by atoms with Crippen molar-refractivity contribution < 1.29 is 13.2 Å². The molecule has 2 atom stereocenters. The van der Waals surface area contributed by atoms with Gasteiger partial charge in [-0.25, -0.2) is 14.7 Å². The van der Waals surface area contributed by atoms with Gasteiger partial charge >= 0.3 is 0 Å². The van der Waals surface area contributed by atoms with E-state index in [1.54, 1.807) is 24.4 Å². The fraction of sp³-hybridized carbons (Fsp3) is 0.542. The number of anilines is 2. The lowest BCUT2D eigenvalue weighted by atomic mass is 9.97. The van der Waals surface area contributed by atoms with E-state index in [1.807, 2.05) is 6.07 Å². The van der Waals surface area contributed by atoms with Crippen molar-refractivity contribution in [3.05, 3.63) is 42.1 Å². The van der Waals surface area contributed by atoms with Gasteiger partial charge < -0.3 is 9.80 Å². The van der Waals surface area contributed by atoms with Crippen molar-refractivity contribution in [2.24, 2.45) is 11.8 Å². The molecule has 33 heavy (non-hydrogen) atoms. The summed E-state index contributed by atoms with van der Waals surface area (Å²) in [5, 5.41) is -0.160. The van der Waals surface area contributed by atoms with Crippen molar-refractivity contribution in [2.45, 2.75) is 57.5 Å². The minimum absolute atomic E-state index is 0.160. The third kappa shape index (κ3) is 4.98. The zero-order chi connectivity index (χ0) is 23.8. The molecule has 2 aromatic heterocycles. The molecule has 0 saturated carbocycles. The Morgan fingerprint density at radius 2 is 1.91 bits per heavy atom. The van der Waals surface area contributed by atoms with Crippen molar-refractivity contribution in [3.63, 3.8) is 0 Å². The van der Waals surface area contributed by atoms with Crippen LogP contribution in [0.4, 0.5) is 11.6 Å². The maximum absolute atomic E-state index is 13.1. The monoisotopic (exact) mass is 471 g/mol. The average Bonchev–Trinajstić information content (AvgIpc) is 3.05. The minimum atomic E-state index is -4.15. The highest BCUT2D eigenvalue weighted by molar-refractivity contribution is 7.90. The molecule has 0 radical (unpaired) electrons. The average molecular weight is 472 g/mol. The lowest BCUT2D eigenvalue weighted by Gasteiger charge is -2.33. The summed E-state index contributed by atoms with van der Waals surface area (Å²) in [4.78, 5) is 26.2. The van der Waals surface area contributed by atoms with Crippen molar-refractivity contribution in [1.82, 2.24) is 14.7 Å². The van der Waals surface area contributed by atoms with Crippen LogP contribution in [0.3, 0.4) is 0 Å². The van der Waals surface area contributed by atoms with Crippen molar-refractivity contribution in [3.8, 4) is 0 Å². The number of amides is 1. The van der Waals surface area contributed by atoms with Crippen LogP contribution in [0.5, 0.6) is 0 Å². The van der Waals surface area contributed by atoms with E-state index in [4.69, 9.17) is 0 Å². The van der Waals surface area contributed by atoms with Crippen molar-refractivity contribution in [2.75, 3.05) is 29.4 Å². The van der Waals surface area contributed by atoms with Gasteiger partial charge in [0.05, 0.1) is 5.56 Å². The SMILES string of the molecule is CC1CCCN(c2cccc(S(=O)(=O)NC(=O)c3cccnc3N3CC(C)CC3(C)C)n2)C1. The largest absolute Gasteiger partial charge is 0.356 e. The number of nitrogens with one attached hydrogen (secondary N) is 1. The van der Waals surface area contributed by atoms with Crippen LogP contribution in [0.15, 0.2) is 41.6 Å². The molecule has 8 nitrogen and oxygen atoms in total. The normalized spacial score (nSPS) is 22.9. The first-order chi connectivity index (χ1) is 15.6. The first-order valence-electron chi connectivity index (χ1n) is 11.6. The molecule has 2 aromatic rings. The summed E-state index contributed by atoms with van der Waals surface area (Å²) in [6.07, 6.45) is 4.80. The first-order valence-corrected chi connectivity index (χ1v) is 13.1. The van der Waals surface area contributed by atoms with E-state index in [9.17, 15) is 13.2 Å². The summed E-state index contributed by atoms with van der Waals surface area (Å²) in [5.41, 5.74) is 0.0626. The highest BCUT2D eigenvalue weighted by atomic mass is 32.2. The summed E-state index contributed by atoms with van der Waals surface area (Å²) < 4.78 is 28.4. The zero-order valence-corrected chi connectivity index (χ0v) is 20.6. The Hall–Kier alpha value is -2.68. The fourth-order valence-electron chi connectivity index (χ4n) is 5.11. The van der Waals surface area contributed by atoms with Gasteiger partial charge in [-0.15, -0.1) is 0 Å². The number of sulfonamides is 1. The van der Waals surface area contributed by atoms with Crippen LogP contribution in [0.2, 0.25) is 0 Å². The van der Waals surface area contributed by atoms with Crippen molar-refractivity contribution >= 4 is 27.6 Å². The Kier molecular flexibility index (Phi) is 6.35. The Morgan fingerprint density at radius 1 is 1.12 bits per heavy atom. The third-order valence-electron chi connectivity index (χ3n) is 6.55. The molecule has 178 valence electrons. The number of aromatic nitrogens is 2. The summed E-state index contributed by atoms with van der Waals surface area (Å²) in [6, 6.07) is 8.17. The molecule has 9 heteroatoms. The molecule has 2 fully saturated rings. The molecular weight excluding hydrogens is 438 g/mol. The maximum Gasteiger partial charge on any atom is 0.281 e. The Balaban J connectivity index is 1.58. The number of carbonyl (C=O) groups excluding carboxylic acids is 1. The molecule has 2 saturated heterocycles. The molecule has 4 rings (SSSR count). The topological polar surface area (TPSA) is 95.5 Å². The number of rotatable bonds is 5. The van der Waals surface area contributed by atoms with Crippen LogP contribution in [-0.4, -0.2) is 49.5 Å². The second-order valence-electron chi connectivity index (χ2n) is 10.1. The molecule has 0 aromatic carbocycles. The number of nitrogens with zero attached hydrogens (tertiary/aromatic N) is 4. The van der Waals surface area contributed by atoms with Crippen LogP contribution in [0, 0.1) is 11.8 Å². The van der Waals surface area contributed by atoms with E-state index in [0.717, 1.165) is 38.9 Å². The van der Waals surface area contributed by atoms with E-state index in [1.165, 1.54) is 6.07 Å². The molecule has 0 spiro atoms. The van der Waals surface area contributed by atoms with Gasteiger partial charge in [-0.05, 0) is 69.2 Å².